The number of halogens is 3. The molecule has 1 amide bonds. The number of aromatic nitrogens is 4. The zero-order valence-electron chi connectivity index (χ0n) is 18.1. The van der Waals surface area contributed by atoms with Crippen molar-refractivity contribution in [3.63, 3.8) is 0 Å². The lowest BCUT2D eigenvalue weighted by atomic mass is 10.1. The summed E-state index contributed by atoms with van der Waals surface area (Å²) in [5, 5.41) is 7.71. The number of fused-ring (bicyclic) bond motifs is 2. The van der Waals surface area contributed by atoms with Gasteiger partial charge in [-0.05, 0) is 31.0 Å². The SMILES string of the molecule is Cc1ccc(-c2cc(C(F)(F)F)n3nc(C(=O)NCCc4c[nH]c5ccccc45)cc3n2)cc1. The first-order chi connectivity index (χ1) is 16.3. The lowest BCUT2D eigenvalue weighted by Crippen LogP contribution is -2.26. The zero-order chi connectivity index (χ0) is 23.9. The summed E-state index contributed by atoms with van der Waals surface area (Å²) in [6, 6.07) is 17.1. The molecule has 172 valence electrons. The van der Waals surface area contributed by atoms with Gasteiger partial charge in [-0.2, -0.15) is 18.3 Å². The van der Waals surface area contributed by atoms with Gasteiger partial charge in [-0.1, -0.05) is 48.0 Å². The number of H-pyrrole nitrogens is 1. The minimum atomic E-state index is -4.67. The van der Waals surface area contributed by atoms with E-state index in [1.165, 1.54) is 6.07 Å². The van der Waals surface area contributed by atoms with Crippen LogP contribution in [-0.4, -0.2) is 32.0 Å². The lowest BCUT2D eigenvalue weighted by molar-refractivity contribution is -0.142. The van der Waals surface area contributed by atoms with Gasteiger partial charge in [-0.3, -0.25) is 4.79 Å². The van der Waals surface area contributed by atoms with Crippen molar-refractivity contribution in [2.24, 2.45) is 0 Å². The van der Waals surface area contributed by atoms with E-state index in [2.05, 4.69) is 20.4 Å². The molecule has 34 heavy (non-hydrogen) atoms. The van der Waals surface area contributed by atoms with Crippen molar-refractivity contribution in [3.8, 4) is 11.3 Å². The second kappa shape index (κ2) is 8.33. The molecule has 0 radical (unpaired) electrons. The number of carbonyl (C=O) groups excluding carboxylic acids is 1. The first kappa shape index (κ1) is 21.7. The molecular formula is C25H20F3N5O. The van der Waals surface area contributed by atoms with Crippen molar-refractivity contribution >= 4 is 22.5 Å². The van der Waals surface area contributed by atoms with Gasteiger partial charge in [-0.15, -0.1) is 0 Å². The molecule has 0 bridgehead atoms. The Bertz CT molecular complexity index is 1500. The van der Waals surface area contributed by atoms with Crippen LogP contribution in [0, 0.1) is 6.92 Å². The largest absolute Gasteiger partial charge is 0.433 e. The summed E-state index contributed by atoms with van der Waals surface area (Å²) in [5.74, 6) is -0.560. The monoisotopic (exact) mass is 463 g/mol. The summed E-state index contributed by atoms with van der Waals surface area (Å²) < 4.78 is 42.0. The molecule has 5 aromatic rings. The second-order valence-corrected chi connectivity index (χ2v) is 8.06. The van der Waals surface area contributed by atoms with Gasteiger partial charge in [0.15, 0.2) is 17.0 Å². The highest BCUT2D eigenvalue weighted by atomic mass is 19.4. The molecule has 0 saturated heterocycles. The molecule has 0 atom stereocenters. The molecule has 3 aromatic heterocycles. The van der Waals surface area contributed by atoms with Gasteiger partial charge in [0.25, 0.3) is 5.91 Å². The summed E-state index contributed by atoms with van der Waals surface area (Å²) in [5.41, 5.74) is 2.55. The molecule has 3 heterocycles. The highest BCUT2D eigenvalue weighted by Gasteiger charge is 2.35. The van der Waals surface area contributed by atoms with Crippen LogP contribution >= 0.6 is 0 Å². The molecule has 0 spiro atoms. The minimum Gasteiger partial charge on any atom is -0.361 e. The number of nitrogens with one attached hydrogen (secondary N) is 2. The third-order valence-corrected chi connectivity index (χ3v) is 5.65. The number of alkyl halides is 3. The van der Waals surface area contributed by atoms with Crippen molar-refractivity contribution in [1.82, 2.24) is 24.9 Å². The first-order valence-corrected chi connectivity index (χ1v) is 10.7. The molecule has 5 rings (SSSR count). The maximum atomic E-state index is 13.8. The standard InChI is InChI=1S/C25H20F3N5O/c1-15-6-8-16(9-7-15)20-12-22(25(26,27)28)33-23(31-20)13-21(32-33)24(34)29-11-10-17-14-30-19-5-3-2-4-18(17)19/h2-9,12-14,30H,10-11H2,1H3,(H,29,34). The van der Waals surface area contributed by atoms with E-state index in [4.69, 9.17) is 0 Å². The third kappa shape index (κ3) is 4.12. The quantitative estimate of drug-likeness (QED) is 0.377. The number of hydrogen-bond acceptors (Lipinski definition) is 3. The fourth-order valence-electron chi connectivity index (χ4n) is 3.90. The highest BCUT2D eigenvalue weighted by Crippen LogP contribution is 2.32. The Hall–Kier alpha value is -4.14. The Labute approximate surface area is 192 Å². The number of aromatic amines is 1. The number of aryl methyl sites for hydroxylation is 1. The van der Waals surface area contributed by atoms with Gasteiger partial charge in [0.2, 0.25) is 0 Å². The Morgan fingerprint density at radius 1 is 1.09 bits per heavy atom. The Balaban J connectivity index is 1.41. The zero-order valence-corrected chi connectivity index (χ0v) is 18.1. The molecule has 0 aliphatic heterocycles. The van der Waals surface area contributed by atoms with Crippen molar-refractivity contribution in [2.75, 3.05) is 6.54 Å². The number of nitrogens with zero attached hydrogens (tertiary/aromatic N) is 3. The molecule has 0 saturated carbocycles. The predicted octanol–water partition coefficient (Wildman–Crippen LogP) is 5.18. The maximum Gasteiger partial charge on any atom is 0.433 e. The van der Waals surface area contributed by atoms with Crippen LogP contribution in [0.1, 0.15) is 27.3 Å². The van der Waals surface area contributed by atoms with Crippen molar-refractivity contribution in [2.45, 2.75) is 19.5 Å². The number of amides is 1. The topological polar surface area (TPSA) is 75.1 Å². The van der Waals surface area contributed by atoms with Crippen LogP contribution in [0.5, 0.6) is 0 Å². The van der Waals surface area contributed by atoms with Crippen LogP contribution in [0.15, 0.2) is 66.9 Å². The van der Waals surface area contributed by atoms with E-state index in [1.807, 2.05) is 37.4 Å². The van der Waals surface area contributed by atoms with E-state index in [9.17, 15) is 18.0 Å². The Kier molecular flexibility index (Phi) is 5.31. The van der Waals surface area contributed by atoms with Gasteiger partial charge in [-0.25, -0.2) is 9.50 Å². The first-order valence-electron chi connectivity index (χ1n) is 10.7. The second-order valence-electron chi connectivity index (χ2n) is 8.06. The summed E-state index contributed by atoms with van der Waals surface area (Å²) in [4.78, 5) is 20.2. The van der Waals surface area contributed by atoms with Gasteiger partial charge in [0.1, 0.15) is 0 Å². The molecule has 2 aromatic carbocycles. The van der Waals surface area contributed by atoms with Crippen LogP contribution in [0.3, 0.4) is 0 Å². The molecule has 9 heteroatoms. The van der Waals surface area contributed by atoms with E-state index < -0.39 is 17.8 Å². The Morgan fingerprint density at radius 2 is 1.85 bits per heavy atom. The third-order valence-electron chi connectivity index (χ3n) is 5.65. The maximum absolute atomic E-state index is 13.8. The highest BCUT2D eigenvalue weighted by molar-refractivity contribution is 5.93. The molecule has 0 aliphatic carbocycles. The van der Waals surface area contributed by atoms with E-state index in [0.29, 0.717) is 23.0 Å². The lowest BCUT2D eigenvalue weighted by Gasteiger charge is -2.11. The molecule has 2 N–H and O–H groups in total. The fraction of sp³-hybridized carbons (Fsp3) is 0.160. The van der Waals surface area contributed by atoms with Gasteiger partial charge in [0, 0.05) is 35.3 Å². The minimum absolute atomic E-state index is 0.0489. The molecular weight excluding hydrogens is 443 g/mol. The molecule has 0 unspecified atom stereocenters. The average molecular weight is 463 g/mol. The number of para-hydroxylation sites is 1. The van der Waals surface area contributed by atoms with Gasteiger partial charge >= 0.3 is 6.18 Å². The number of carbonyl (C=O) groups is 1. The van der Waals surface area contributed by atoms with Crippen LogP contribution in [-0.2, 0) is 12.6 Å². The van der Waals surface area contributed by atoms with Crippen molar-refractivity contribution in [1.29, 1.82) is 0 Å². The Morgan fingerprint density at radius 3 is 2.62 bits per heavy atom. The van der Waals surface area contributed by atoms with Crippen molar-refractivity contribution in [3.05, 3.63) is 89.4 Å². The fourth-order valence-corrected chi connectivity index (χ4v) is 3.90. The predicted molar refractivity (Wildman–Crippen MR) is 122 cm³/mol. The van der Waals surface area contributed by atoms with E-state index in [0.717, 1.165) is 28.1 Å². The molecule has 6 nitrogen and oxygen atoms in total. The summed E-state index contributed by atoms with van der Waals surface area (Å²) >= 11 is 0. The van der Waals surface area contributed by atoms with E-state index >= 15 is 0 Å². The smallest absolute Gasteiger partial charge is 0.361 e. The van der Waals surface area contributed by atoms with Crippen LogP contribution in [0.25, 0.3) is 27.8 Å². The summed E-state index contributed by atoms with van der Waals surface area (Å²) in [6.45, 7) is 2.20. The van der Waals surface area contributed by atoms with Gasteiger partial charge in [0.05, 0.1) is 5.69 Å². The van der Waals surface area contributed by atoms with E-state index in [-0.39, 0.29) is 17.0 Å². The summed E-state index contributed by atoms with van der Waals surface area (Å²) in [7, 11) is 0. The summed E-state index contributed by atoms with van der Waals surface area (Å²) in [6.07, 6.45) is -2.23. The number of hydrogen-bond donors (Lipinski definition) is 2. The number of benzene rings is 2. The number of rotatable bonds is 5. The normalized spacial score (nSPS) is 11.9. The van der Waals surface area contributed by atoms with Crippen LogP contribution in [0.4, 0.5) is 13.2 Å². The molecule has 0 aliphatic rings. The molecule has 0 fully saturated rings. The van der Waals surface area contributed by atoms with E-state index in [1.54, 1.807) is 24.3 Å². The van der Waals surface area contributed by atoms with Gasteiger partial charge < -0.3 is 10.3 Å². The van der Waals surface area contributed by atoms with Crippen LogP contribution < -0.4 is 5.32 Å². The average Bonchev–Trinajstić information content (AvgIpc) is 3.42. The van der Waals surface area contributed by atoms with Crippen LogP contribution in [0.2, 0.25) is 0 Å². The van der Waals surface area contributed by atoms with Crippen molar-refractivity contribution < 1.29 is 18.0 Å².